The van der Waals surface area contributed by atoms with Crippen LogP contribution in [0.5, 0.6) is 5.75 Å². The van der Waals surface area contributed by atoms with Crippen LogP contribution in [0.4, 0.5) is 5.69 Å². The highest BCUT2D eigenvalue weighted by molar-refractivity contribution is 5.97. The molecule has 2 N–H and O–H groups in total. The fourth-order valence-electron chi connectivity index (χ4n) is 1.41. The number of anilines is 1. The van der Waals surface area contributed by atoms with Gasteiger partial charge in [0.05, 0.1) is 17.9 Å². The molecule has 0 aliphatic heterocycles. The topological polar surface area (TPSA) is 75.6 Å². The van der Waals surface area contributed by atoms with Crippen LogP contribution in [-0.2, 0) is 4.79 Å². The van der Waals surface area contributed by atoms with Crippen molar-refractivity contribution < 1.29 is 19.4 Å². The van der Waals surface area contributed by atoms with Gasteiger partial charge in [-0.05, 0) is 24.6 Å². The standard InChI is InChI=1S/C15H21NO4/c1-5-8-20-12-7-6-10(13(17)18)9-11(12)16-14(19)15(2,3)4/h6-7,9H,5,8H2,1-4H3,(H,16,19)(H,17,18). The first-order valence-corrected chi connectivity index (χ1v) is 6.57. The SMILES string of the molecule is CCCOc1ccc(C(=O)O)cc1NC(=O)C(C)(C)C. The smallest absolute Gasteiger partial charge is 0.335 e. The highest BCUT2D eigenvalue weighted by Crippen LogP contribution is 2.28. The van der Waals surface area contributed by atoms with Gasteiger partial charge in [-0.25, -0.2) is 4.79 Å². The van der Waals surface area contributed by atoms with E-state index in [1.165, 1.54) is 12.1 Å². The van der Waals surface area contributed by atoms with Crippen LogP contribution < -0.4 is 10.1 Å². The van der Waals surface area contributed by atoms with Crippen molar-refractivity contribution in [3.63, 3.8) is 0 Å². The number of amides is 1. The number of rotatable bonds is 5. The van der Waals surface area contributed by atoms with Gasteiger partial charge in [0.15, 0.2) is 0 Å². The molecule has 0 radical (unpaired) electrons. The average Bonchev–Trinajstić information content (AvgIpc) is 2.35. The number of ether oxygens (including phenoxy) is 1. The summed E-state index contributed by atoms with van der Waals surface area (Å²) in [7, 11) is 0. The van der Waals surface area contributed by atoms with E-state index in [9.17, 15) is 9.59 Å². The average molecular weight is 279 g/mol. The summed E-state index contributed by atoms with van der Waals surface area (Å²) in [4.78, 5) is 23.0. The van der Waals surface area contributed by atoms with Gasteiger partial charge in [-0.2, -0.15) is 0 Å². The summed E-state index contributed by atoms with van der Waals surface area (Å²) < 4.78 is 5.53. The molecular weight excluding hydrogens is 258 g/mol. The Labute approximate surface area is 118 Å². The Bertz CT molecular complexity index is 503. The number of hydrogen-bond acceptors (Lipinski definition) is 3. The molecule has 0 fully saturated rings. The maximum absolute atomic E-state index is 12.0. The van der Waals surface area contributed by atoms with Gasteiger partial charge in [0, 0.05) is 5.41 Å². The zero-order valence-electron chi connectivity index (χ0n) is 12.3. The van der Waals surface area contributed by atoms with Crippen molar-refractivity contribution in [3.8, 4) is 5.75 Å². The second-order valence-electron chi connectivity index (χ2n) is 5.57. The first-order valence-electron chi connectivity index (χ1n) is 6.57. The summed E-state index contributed by atoms with van der Waals surface area (Å²) in [5.41, 5.74) is -0.0716. The maximum atomic E-state index is 12.0. The van der Waals surface area contributed by atoms with E-state index in [-0.39, 0.29) is 11.5 Å². The first-order chi connectivity index (χ1) is 9.25. The Morgan fingerprint density at radius 2 is 1.95 bits per heavy atom. The number of aromatic carboxylic acids is 1. The van der Waals surface area contributed by atoms with E-state index in [0.717, 1.165) is 6.42 Å². The molecular formula is C15H21NO4. The maximum Gasteiger partial charge on any atom is 0.335 e. The molecule has 0 atom stereocenters. The number of benzene rings is 1. The minimum atomic E-state index is -1.04. The molecule has 5 nitrogen and oxygen atoms in total. The first kappa shape index (κ1) is 16.0. The van der Waals surface area contributed by atoms with Gasteiger partial charge in [0.1, 0.15) is 5.75 Å². The zero-order chi connectivity index (χ0) is 15.3. The van der Waals surface area contributed by atoms with E-state index in [2.05, 4.69) is 5.32 Å². The quantitative estimate of drug-likeness (QED) is 0.868. The molecule has 1 rings (SSSR count). The Balaban J connectivity index is 3.07. The lowest BCUT2D eigenvalue weighted by Crippen LogP contribution is -2.28. The molecule has 20 heavy (non-hydrogen) atoms. The Morgan fingerprint density at radius 3 is 2.45 bits per heavy atom. The molecule has 5 heteroatoms. The Morgan fingerprint density at radius 1 is 1.30 bits per heavy atom. The van der Waals surface area contributed by atoms with E-state index in [1.54, 1.807) is 26.8 Å². The van der Waals surface area contributed by atoms with Crippen LogP contribution >= 0.6 is 0 Å². The third-order valence-corrected chi connectivity index (χ3v) is 2.62. The lowest BCUT2D eigenvalue weighted by Gasteiger charge is -2.19. The fraction of sp³-hybridized carbons (Fsp3) is 0.467. The zero-order valence-corrected chi connectivity index (χ0v) is 12.3. The molecule has 0 aliphatic rings. The largest absolute Gasteiger partial charge is 0.491 e. The molecule has 1 aromatic rings. The van der Waals surface area contributed by atoms with Crippen molar-refractivity contribution in [2.45, 2.75) is 34.1 Å². The third kappa shape index (κ3) is 4.26. The number of hydrogen-bond donors (Lipinski definition) is 2. The van der Waals surface area contributed by atoms with Crippen molar-refractivity contribution in [2.75, 3.05) is 11.9 Å². The Hall–Kier alpha value is -2.04. The van der Waals surface area contributed by atoms with Crippen LogP contribution in [0.15, 0.2) is 18.2 Å². The predicted molar refractivity (Wildman–Crippen MR) is 77.3 cm³/mol. The number of carboxylic acid groups (broad SMARTS) is 1. The van der Waals surface area contributed by atoms with Gasteiger partial charge >= 0.3 is 5.97 Å². The van der Waals surface area contributed by atoms with E-state index in [1.807, 2.05) is 6.92 Å². The predicted octanol–water partition coefficient (Wildman–Crippen LogP) is 3.16. The van der Waals surface area contributed by atoms with Crippen molar-refractivity contribution in [1.82, 2.24) is 0 Å². The highest BCUT2D eigenvalue weighted by Gasteiger charge is 2.23. The van der Waals surface area contributed by atoms with Crippen molar-refractivity contribution in [3.05, 3.63) is 23.8 Å². The molecule has 0 spiro atoms. The number of carbonyl (C=O) groups is 2. The number of nitrogens with one attached hydrogen (secondary N) is 1. The van der Waals surface area contributed by atoms with E-state index < -0.39 is 11.4 Å². The van der Waals surface area contributed by atoms with Gasteiger partial charge in [0.2, 0.25) is 5.91 Å². The summed E-state index contributed by atoms with van der Waals surface area (Å²) in [6.07, 6.45) is 0.827. The second kappa shape index (κ2) is 6.41. The molecule has 0 heterocycles. The lowest BCUT2D eigenvalue weighted by atomic mass is 9.95. The molecule has 0 unspecified atom stereocenters. The van der Waals surface area contributed by atoms with Gasteiger partial charge < -0.3 is 15.2 Å². The lowest BCUT2D eigenvalue weighted by molar-refractivity contribution is -0.123. The molecule has 0 bridgehead atoms. The summed E-state index contributed by atoms with van der Waals surface area (Å²) in [6, 6.07) is 4.44. The summed E-state index contributed by atoms with van der Waals surface area (Å²) in [5, 5.41) is 11.7. The van der Waals surface area contributed by atoms with E-state index in [0.29, 0.717) is 18.0 Å². The number of carbonyl (C=O) groups excluding carboxylic acids is 1. The molecule has 0 saturated carbocycles. The van der Waals surface area contributed by atoms with Crippen molar-refractivity contribution in [2.24, 2.45) is 5.41 Å². The summed E-state index contributed by atoms with van der Waals surface area (Å²) >= 11 is 0. The second-order valence-corrected chi connectivity index (χ2v) is 5.57. The summed E-state index contributed by atoms with van der Waals surface area (Å²) in [5.74, 6) is -0.755. The van der Waals surface area contributed by atoms with Crippen LogP contribution in [0.3, 0.4) is 0 Å². The van der Waals surface area contributed by atoms with Crippen LogP contribution in [0.25, 0.3) is 0 Å². The van der Waals surface area contributed by atoms with E-state index in [4.69, 9.17) is 9.84 Å². The monoisotopic (exact) mass is 279 g/mol. The molecule has 1 aromatic carbocycles. The molecule has 110 valence electrons. The molecule has 0 aromatic heterocycles. The van der Waals surface area contributed by atoms with E-state index >= 15 is 0 Å². The van der Waals surface area contributed by atoms with Gasteiger partial charge in [-0.15, -0.1) is 0 Å². The Kier molecular flexibility index (Phi) is 5.13. The minimum Gasteiger partial charge on any atom is -0.491 e. The van der Waals surface area contributed by atoms with Gasteiger partial charge in [-0.1, -0.05) is 27.7 Å². The van der Waals surface area contributed by atoms with Crippen LogP contribution in [-0.4, -0.2) is 23.6 Å². The summed E-state index contributed by atoms with van der Waals surface area (Å²) in [6.45, 7) is 7.84. The van der Waals surface area contributed by atoms with Crippen molar-refractivity contribution >= 4 is 17.6 Å². The minimum absolute atomic E-state index is 0.109. The normalized spacial score (nSPS) is 11.0. The highest BCUT2D eigenvalue weighted by atomic mass is 16.5. The van der Waals surface area contributed by atoms with Crippen LogP contribution in [0, 0.1) is 5.41 Å². The van der Waals surface area contributed by atoms with Gasteiger partial charge in [0.25, 0.3) is 0 Å². The van der Waals surface area contributed by atoms with Crippen molar-refractivity contribution in [1.29, 1.82) is 0 Å². The van der Waals surface area contributed by atoms with Gasteiger partial charge in [-0.3, -0.25) is 4.79 Å². The third-order valence-electron chi connectivity index (χ3n) is 2.62. The number of carboxylic acids is 1. The molecule has 1 amide bonds. The van der Waals surface area contributed by atoms with Crippen LogP contribution in [0.2, 0.25) is 0 Å². The molecule has 0 saturated heterocycles. The van der Waals surface area contributed by atoms with Crippen LogP contribution in [0.1, 0.15) is 44.5 Å². The molecule has 0 aliphatic carbocycles. The fourth-order valence-corrected chi connectivity index (χ4v) is 1.41.